The van der Waals surface area contributed by atoms with Crippen molar-refractivity contribution in [2.24, 2.45) is 0 Å². The zero-order valence-corrected chi connectivity index (χ0v) is 14.8. The van der Waals surface area contributed by atoms with E-state index >= 15 is 0 Å². The first-order valence-electron chi connectivity index (χ1n) is 8.44. The first kappa shape index (κ1) is 18.9. The molecule has 136 valence electrons. The van der Waals surface area contributed by atoms with Crippen molar-refractivity contribution in [2.45, 2.75) is 39.2 Å². The molecule has 0 radical (unpaired) electrons. The number of imide groups is 1. The van der Waals surface area contributed by atoms with Gasteiger partial charge in [-0.2, -0.15) is 0 Å². The third-order valence-corrected chi connectivity index (χ3v) is 4.35. The minimum atomic E-state index is -1.21. The maximum atomic E-state index is 12.9. The smallest absolute Gasteiger partial charge is 0.319 e. The number of benzene rings is 1. The Bertz CT molecular complexity index is 655. The largest absolute Gasteiger partial charge is 0.326 e. The summed E-state index contributed by atoms with van der Waals surface area (Å²) in [6.45, 7) is 7.58. The molecule has 1 heterocycles. The molecule has 3 amide bonds. The molecule has 2 rings (SSSR count). The Morgan fingerprint density at radius 2 is 1.72 bits per heavy atom. The van der Waals surface area contributed by atoms with E-state index in [0.29, 0.717) is 5.56 Å². The second kappa shape index (κ2) is 7.60. The van der Waals surface area contributed by atoms with E-state index < -0.39 is 16.5 Å². The summed E-state index contributed by atoms with van der Waals surface area (Å²) in [6, 6.07) is 5.25. The molecule has 0 saturated carbocycles. The van der Waals surface area contributed by atoms with Gasteiger partial charge in [-0.1, -0.05) is 13.8 Å². The number of carbonyl (C=O) groups is 2. The van der Waals surface area contributed by atoms with Crippen LogP contribution in [-0.4, -0.2) is 46.4 Å². The molecule has 8 heteroatoms. The number of carbonyl (C=O) groups excluding carboxylic acids is 2. The van der Waals surface area contributed by atoms with Crippen molar-refractivity contribution in [1.29, 1.82) is 0 Å². The molecule has 1 aliphatic rings. The van der Waals surface area contributed by atoms with E-state index in [1.165, 1.54) is 29.2 Å². The molecule has 1 aliphatic heterocycles. The molecule has 1 aromatic rings. The van der Waals surface area contributed by atoms with Gasteiger partial charge in [-0.3, -0.25) is 19.8 Å². The normalized spacial score (nSPS) is 20.2. The zero-order chi connectivity index (χ0) is 18.6. The topological polar surface area (TPSA) is 95.8 Å². The molecular weight excluding hydrogens is 324 g/mol. The lowest BCUT2D eigenvalue weighted by atomic mass is 9.92. The summed E-state index contributed by atoms with van der Waals surface area (Å²) >= 11 is 0. The lowest BCUT2D eigenvalue weighted by Crippen LogP contribution is -2.44. The maximum Gasteiger partial charge on any atom is 0.326 e. The van der Waals surface area contributed by atoms with Crippen molar-refractivity contribution in [2.75, 3.05) is 19.8 Å². The summed E-state index contributed by atoms with van der Waals surface area (Å²) < 4.78 is 0. The first-order valence-corrected chi connectivity index (χ1v) is 8.44. The predicted molar refractivity (Wildman–Crippen MR) is 92.8 cm³/mol. The Labute approximate surface area is 146 Å². The molecule has 0 bridgehead atoms. The zero-order valence-electron chi connectivity index (χ0n) is 14.8. The highest BCUT2D eigenvalue weighted by Gasteiger charge is 2.49. The summed E-state index contributed by atoms with van der Waals surface area (Å²) in [4.78, 5) is 38.8. The summed E-state index contributed by atoms with van der Waals surface area (Å²) in [5, 5.41) is 13.5. The molecule has 1 atom stereocenters. The van der Waals surface area contributed by atoms with Gasteiger partial charge in [0.15, 0.2) is 0 Å². The summed E-state index contributed by atoms with van der Waals surface area (Å²) in [5.74, 6) is -0.344. The molecule has 8 nitrogen and oxygen atoms in total. The lowest BCUT2D eigenvalue weighted by Gasteiger charge is -2.26. The quantitative estimate of drug-likeness (QED) is 0.442. The van der Waals surface area contributed by atoms with Crippen molar-refractivity contribution in [3.63, 3.8) is 0 Å². The highest BCUT2D eigenvalue weighted by molar-refractivity contribution is 6.07. The van der Waals surface area contributed by atoms with Crippen molar-refractivity contribution in [1.82, 2.24) is 15.1 Å². The van der Waals surface area contributed by atoms with Gasteiger partial charge in [0.05, 0.1) is 11.6 Å². The second-order valence-corrected chi connectivity index (χ2v) is 6.35. The average Bonchev–Trinajstić information content (AvgIpc) is 2.79. The van der Waals surface area contributed by atoms with Crippen molar-refractivity contribution < 1.29 is 14.5 Å². The number of nitro benzene ring substituents is 1. The van der Waals surface area contributed by atoms with Gasteiger partial charge in [0.2, 0.25) is 0 Å². The minimum absolute atomic E-state index is 0.0574. The van der Waals surface area contributed by atoms with Gasteiger partial charge in [0, 0.05) is 12.1 Å². The highest BCUT2D eigenvalue weighted by atomic mass is 16.6. The number of nitrogens with zero attached hydrogens (tertiary/aromatic N) is 3. The highest BCUT2D eigenvalue weighted by Crippen LogP contribution is 2.30. The standard InChI is InChI=1S/C17H24N4O4/c1-4-10-19(11-5-2)12-20-15(22)17(3,18-16(20)23)13-6-8-14(9-7-13)21(24)25/h6-9H,4-5,10-12H2,1-3H3,(H,18,23)/t17-/m1/s1. The lowest BCUT2D eigenvalue weighted by molar-refractivity contribution is -0.384. The minimum Gasteiger partial charge on any atom is -0.319 e. The van der Waals surface area contributed by atoms with Gasteiger partial charge in [0.1, 0.15) is 5.54 Å². The van der Waals surface area contributed by atoms with Crippen molar-refractivity contribution >= 4 is 17.6 Å². The van der Waals surface area contributed by atoms with Crippen molar-refractivity contribution in [3.05, 3.63) is 39.9 Å². The van der Waals surface area contributed by atoms with Gasteiger partial charge < -0.3 is 5.32 Å². The van der Waals surface area contributed by atoms with Gasteiger partial charge in [-0.25, -0.2) is 9.69 Å². The Kier molecular flexibility index (Phi) is 5.73. The molecule has 1 aromatic carbocycles. The van der Waals surface area contributed by atoms with Crippen LogP contribution in [0.25, 0.3) is 0 Å². The van der Waals surface area contributed by atoms with E-state index in [9.17, 15) is 19.7 Å². The molecule has 1 N–H and O–H groups in total. The van der Waals surface area contributed by atoms with Crippen molar-refractivity contribution in [3.8, 4) is 0 Å². The summed E-state index contributed by atoms with van der Waals surface area (Å²) in [5.41, 5.74) is -0.745. The Morgan fingerprint density at radius 1 is 1.16 bits per heavy atom. The van der Waals surface area contributed by atoms with E-state index in [4.69, 9.17) is 0 Å². The number of urea groups is 1. The fourth-order valence-corrected chi connectivity index (χ4v) is 3.02. The number of hydrogen-bond donors (Lipinski definition) is 1. The maximum absolute atomic E-state index is 12.9. The monoisotopic (exact) mass is 348 g/mol. The molecule has 1 fully saturated rings. The molecule has 0 aromatic heterocycles. The van der Waals surface area contributed by atoms with Crippen LogP contribution in [0.1, 0.15) is 39.2 Å². The van der Waals surface area contributed by atoms with Crippen LogP contribution in [0.15, 0.2) is 24.3 Å². The van der Waals surface area contributed by atoms with Crippen LogP contribution in [0.4, 0.5) is 10.5 Å². The van der Waals surface area contributed by atoms with E-state index in [1.54, 1.807) is 6.92 Å². The number of nitrogens with one attached hydrogen (secondary N) is 1. The fraction of sp³-hybridized carbons (Fsp3) is 0.529. The SMILES string of the molecule is CCCN(CCC)CN1C(=O)N[C@](C)(c2ccc([N+](=O)[O-])cc2)C1=O. The van der Waals surface area contributed by atoms with Crippen LogP contribution in [0.5, 0.6) is 0 Å². The third-order valence-electron chi connectivity index (χ3n) is 4.35. The van der Waals surface area contributed by atoms with Crippen LogP contribution in [-0.2, 0) is 10.3 Å². The summed E-state index contributed by atoms with van der Waals surface area (Å²) in [6.07, 6.45) is 1.87. The van der Waals surface area contributed by atoms with Crippen LogP contribution in [0, 0.1) is 10.1 Å². The number of amides is 3. The Balaban J connectivity index is 2.22. The molecule has 0 spiro atoms. The predicted octanol–water partition coefficient (Wildman–Crippen LogP) is 2.44. The molecule has 25 heavy (non-hydrogen) atoms. The number of hydrogen-bond acceptors (Lipinski definition) is 5. The molecule has 1 saturated heterocycles. The first-order chi connectivity index (χ1) is 11.8. The Morgan fingerprint density at radius 3 is 2.20 bits per heavy atom. The van der Waals surface area contributed by atoms with Gasteiger partial charge in [-0.05, 0) is 50.6 Å². The van der Waals surface area contributed by atoms with Crippen LogP contribution < -0.4 is 5.32 Å². The van der Waals surface area contributed by atoms with Crippen LogP contribution in [0.2, 0.25) is 0 Å². The fourth-order valence-electron chi connectivity index (χ4n) is 3.02. The third kappa shape index (κ3) is 3.79. The summed E-state index contributed by atoms with van der Waals surface area (Å²) in [7, 11) is 0. The van der Waals surface area contributed by atoms with Gasteiger partial charge >= 0.3 is 6.03 Å². The van der Waals surface area contributed by atoms with Gasteiger partial charge in [0.25, 0.3) is 11.6 Å². The number of non-ortho nitro benzene ring substituents is 1. The van der Waals surface area contributed by atoms with Crippen LogP contribution >= 0.6 is 0 Å². The van der Waals surface area contributed by atoms with E-state index in [0.717, 1.165) is 25.9 Å². The van der Waals surface area contributed by atoms with Crippen LogP contribution in [0.3, 0.4) is 0 Å². The average molecular weight is 348 g/mol. The second-order valence-electron chi connectivity index (χ2n) is 6.35. The van der Waals surface area contributed by atoms with Gasteiger partial charge in [-0.15, -0.1) is 0 Å². The molecule has 0 unspecified atom stereocenters. The van der Waals surface area contributed by atoms with E-state index in [1.807, 2.05) is 0 Å². The molecular formula is C17H24N4O4. The Hall–Kier alpha value is -2.48. The van der Waals surface area contributed by atoms with E-state index in [2.05, 4.69) is 24.1 Å². The van der Waals surface area contributed by atoms with E-state index in [-0.39, 0.29) is 18.3 Å². The number of rotatable bonds is 8. The molecule has 0 aliphatic carbocycles. The number of nitro groups is 1.